The number of aliphatic carboxylic acids is 1. The average molecular weight is 481 g/mol. The molecule has 0 bridgehead atoms. The van der Waals surface area contributed by atoms with Gasteiger partial charge in [-0.3, -0.25) is 19.7 Å². The first-order chi connectivity index (χ1) is 17.3. The number of carboxylic acids is 1. The highest BCUT2D eigenvalue weighted by molar-refractivity contribution is 6.24. The number of hydrogen-bond acceptors (Lipinski definition) is 4. The Morgan fingerprint density at radius 2 is 1.53 bits per heavy atom. The molecule has 6 heteroatoms. The van der Waals surface area contributed by atoms with Crippen LogP contribution in [0.5, 0.6) is 0 Å². The highest BCUT2D eigenvalue weighted by Crippen LogP contribution is 2.49. The summed E-state index contributed by atoms with van der Waals surface area (Å²) in [6.07, 6.45) is 4.85. The van der Waals surface area contributed by atoms with Gasteiger partial charge in [0.2, 0.25) is 11.8 Å². The van der Waals surface area contributed by atoms with Crippen LogP contribution in [0.2, 0.25) is 0 Å². The smallest absolute Gasteiger partial charge is 0.324 e. The first-order valence-electron chi connectivity index (χ1n) is 12.1. The summed E-state index contributed by atoms with van der Waals surface area (Å²) in [5.41, 5.74) is 2.84. The molecule has 36 heavy (non-hydrogen) atoms. The van der Waals surface area contributed by atoms with E-state index in [1.165, 1.54) is 11.8 Å². The number of carbonyl (C=O) groups is 3. The number of rotatable bonds is 6. The zero-order valence-electron chi connectivity index (χ0n) is 20.2. The van der Waals surface area contributed by atoms with Crippen molar-refractivity contribution < 1.29 is 19.5 Å². The van der Waals surface area contributed by atoms with Crippen LogP contribution in [0.1, 0.15) is 42.1 Å². The fraction of sp³-hybridized carbons (Fsp3) is 0.233. The van der Waals surface area contributed by atoms with Gasteiger partial charge in [0, 0.05) is 6.04 Å². The summed E-state index contributed by atoms with van der Waals surface area (Å²) in [6, 6.07) is 24.3. The molecule has 2 saturated heterocycles. The van der Waals surface area contributed by atoms with Crippen molar-refractivity contribution in [3.63, 3.8) is 0 Å². The summed E-state index contributed by atoms with van der Waals surface area (Å²) < 4.78 is 0. The average Bonchev–Trinajstić information content (AvgIpc) is 3.37. The van der Waals surface area contributed by atoms with Crippen molar-refractivity contribution in [2.75, 3.05) is 4.90 Å². The van der Waals surface area contributed by atoms with Crippen LogP contribution in [0, 0.1) is 11.8 Å². The first kappa shape index (κ1) is 23.7. The van der Waals surface area contributed by atoms with E-state index in [4.69, 9.17) is 0 Å². The van der Waals surface area contributed by atoms with Crippen molar-refractivity contribution >= 4 is 35.6 Å². The number of carboxylic acid groups (broad SMARTS) is 1. The predicted molar refractivity (Wildman–Crippen MR) is 139 cm³/mol. The van der Waals surface area contributed by atoms with Gasteiger partial charge in [-0.05, 0) is 47.7 Å². The highest BCUT2D eigenvalue weighted by Gasteiger charge is 2.66. The Balaban J connectivity index is 1.46. The summed E-state index contributed by atoms with van der Waals surface area (Å²) in [6.45, 7) is 3.53. The molecule has 2 aliphatic rings. The third kappa shape index (κ3) is 3.93. The second kappa shape index (κ2) is 9.21. The highest BCUT2D eigenvalue weighted by atomic mass is 16.4. The van der Waals surface area contributed by atoms with E-state index in [1.807, 2.05) is 85.8 Å². The Hall–Kier alpha value is -4.03. The molecule has 2 aliphatic heterocycles. The Kier molecular flexibility index (Phi) is 6.06. The van der Waals surface area contributed by atoms with Crippen LogP contribution in [0.25, 0.3) is 12.2 Å². The third-order valence-corrected chi connectivity index (χ3v) is 7.40. The SMILES string of the molecule is CCc1ccc(N2C(=O)C3C(c4ccc(C=Cc5ccccc5)cc4)NC(C)(C(=O)O)C3C2=O)cc1. The van der Waals surface area contributed by atoms with E-state index in [9.17, 15) is 19.5 Å². The molecule has 0 saturated carbocycles. The van der Waals surface area contributed by atoms with E-state index in [2.05, 4.69) is 5.32 Å². The largest absolute Gasteiger partial charge is 0.480 e. The molecular formula is C30H28N2O4. The topological polar surface area (TPSA) is 86.7 Å². The van der Waals surface area contributed by atoms with Gasteiger partial charge < -0.3 is 5.11 Å². The van der Waals surface area contributed by atoms with Crippen molar-refractivity contribution in [2.24, 2.45) is 11.8 Å². The van der Waals surface area contributed by atoms with E-state index in [0.717, 1.165) is 28.7 Å². The molecule has 182 valence electrons. The summed E-state index contributed by atoms with van der Waals surface area (Å²) in [7, 11) is 0. The van der Waals surface area contributed by atoms with Crippen LogP contribution >= 0.6 is 0 Å². The molecule has 0 radical (unpaired) electrons. The van der Waals surface area contributed by atoms with Gasteiger partial charge in [0.15, 0.2) is 0 Å². The van der Waals surface area contributed by atoms with Crippen molar-refractivity contribution in [1.29, 1.82) is 0 Å². The molecule has 0 spiro atoms. The Labute approximate surface area is 210 Å². The zero-order valence-corrected chi connectivity index (χ0v) is 20.2. The van der Waals surface area contributed by atoms with Crippen LogP contribution in [0.4, 0.5) is 5.69 Å². The molecule has 3 aromatic carbocycles. The Morgan fingerprint density at radius 1 is 0.917 bits per heavy atom. The molecule has 2 fully saturated rings. The van der Waals surface area contributed by atoms with E-state index in [-0.39, 0.29) is 5.91 Å². The number of anilines is 1. The van der Waals surface area contributed by atoms with E-state index < -0.39 is 35.3 Å². The summed E-state index contributed by atoms with van der Waals surface area (Å²) >= 11 is 0. The number of amides is 2. The quantitative estimate of drug-likeness (QED) is 0.394. The number of nitrogens with zero attached hydrogens (tertiary/aromatic N) is 1. The molecule has 2 amide bonds. The van der Waals surface area contributed by atoms with Crippen molar-refractivity contribution in [3.8, 4) is 0 Å². The van der Waals surface area contributed by atoms with Gasteiger partial charge in [-0.25, -0.2) is 4.90 Å². The van der Waals surface area contributed by atoms with Gasteiger partial charge in [-0.2, -0.15) is 0 Å². The molecule has 0 aliphatic carbocycles. The lowest BCUT2D eigenvalue weighted by Crippen LogP contribution is -2.53. The standard InChI is InChI=1S/C30H28N2O4/c1-3-19-13-17-23(18-14-19)32-27(33)24-25(28(32)34)30(2,29(35)36)31-26(24)22-15-11-21(12-16-22)10-9-20-7-5-4-6-8-20/h4-18,24-26,31H,3H2,1-2H3,(H,35,36). The number of fused-ring (bicyclic) bond motifs is 1. The second-order valence-electron chi connectivity index (χ2n) is 9.58. The number of nitrogens with one attached hydrogen (secondary N) is 1. The van der Waals surface area contributed by atoms with Crippen LogP contribution in [-0.4, -0.2) is 28.4 Å². The van der Waals surface area contributed by atoms with Crippen molar-refractivity contribution in [2.45, 2.75) is 31.8 Å². The number of imide groups is 1. The number of benzene rings is 3. The molecule has 2 heterocycles. The van der Waals surface area contributed by atoms with E-state index in [0.29, 0.717) is 5.69 Å². The third-order valence-electron chi connectivity index (χ3n) is 7.40. The maximum Gasteiger partial charge on any atom is 0.324 e. The van der Waals surface area contributed by atoms with Crippen LogP contribution in [0.3, 0.4) is 0 Å². The molecule has 2 N–H and O–H groups in total. The van der Waals surface area contributed by atoms with Crippen molar-refractivity contribution in [1.82, 2.24) is 5.32 Å². The molecule has 4 atom stereocenters. The van der Waals surface area contributed by atoms with E-state index in [1.54, 1.807) is 12.1 Å². The van der Waals surface area contributed by atoms with Gasteiger partial charge in [0.25, 0.3) is 0 Å². The number of hydrogen-bond donors (Lipinski definition) is 2. The molecule has 6 nitrogen and oxygen atoms in total. The molecule has 3 aromatic rings. The molecule has 0 aromatic heterocycles. The van der Waals surface area contributed by atoms with Gasteiger partial charge in [0.05, 0.1) is 17.5 Å². The van der Waals surface area contributed by atoms with Gasteiger partial charge in [0.1, 0.15) is 5.54 Å². The van der Waals surface area contributed by atoms with Crippen LogP contribution in [0.15, 0.2) is 78.9 Å². The Morgan fingerprint density at radius 3 is 2.11 bits per heavy atom. The fourth-order valence-electron chi connectivity index (χ4n) is 5.33. The van der Waals surface area contributed by atoms with Gasteiger partial charge in [-0.15, -0.1) is 0 Å². The van der Waals surface area contributed by atoms with Crippen LogP contribution in [-0.2, 0) is 20.8 Å². The fourth-order valence-corrected chi connectivity index (χ4v) is 5.33. The van der Waals surface area contributed by atoms with Crippen molar-refractivity contribution in [3.05, 3.63) is 101 Å². The summed E-state index contributed by atoms with van der Waals surface area (Å²) in [5, 5.41) is 13.2. The molecular weight excluding hydrogens is 452 g/mol. The van der Waals surface area contributed by atoms with E-state index >= 15 is 0 Å². The minimum absolute atomic E-state index is 0.371. The maximum atomic E-state index is 13.6. The molecule has 4 unspecified atom stereocenters. The Bertz CT molecular complexity index is 1330. The lowest BCUT2D eigenvalue weighted by Gasteiger charge is -2.27. The monoisotopic (exact) mass is 480 g/mol. The first-order valence-corrected chi connectivity index (χ1v) is 12.1. The van der Waals surface area contributed by atoms with Gasteiger partial charge >= 0.3 is 5.97 Å². The molecule has 5 rings (SSSR count). The minimum atomic E-state index is -1.56. The second-order valence-corrected chi connectivity index (χ2v) is 9.58. The number of carbonyl (C=O) groups excluding carboxylic acids is 2. The minimum Gasteiger partial charge on any atom is -0.480 e. The van der Waals surface area contributed by atoms with Gasteiger partial charge in [-0.1, -0.05) is 85.8 Å². The lowest BCUT2D eigenvalue weighted by atomic mass is 9.80. The zero-order chi connectivity index (χ0) is 25.4. The maximum absolute atomic E-state index is 13.6. The van der Waals surface area contributed by atoms with Crippen LogP contribution < -0.4 is 10.2 Å². The summed E-state index contributed by atoms with van der Waals surface area (Å²) in [5.74, 6) is -3.81. The predicted octanol–water partition coefficient (Wildman–Crippen LogP) is 4.71. The summed E-state index contributed by atoms with van der Waals surface area (Å²) in [4.78, 5) is 40.7. The normalized spacial score (nSPS) is 25.5. The lowest BCUT2D eigenvalue weighted by molar-refractivity contribution is -0.147. The number of aryl methyl sites for hydroxylation is 1.